The van der Waals surface area contributed by atoms with Crippen molar-refractivity contribution in [2.24, 2.45) is 0 Å². The first-order valence-electron chi connectivity index (χ1n) is 9.18. The van der Waals surface area contributed by atoms with Crippen LogP contribution in [0.15, 0.2) is 72.9 Å². The number of hydrogen-bond acceptors (Lipinski definition) is 3. The zero-order chi connectivity index (χ0) is 21.3. The first-order chi connectivity index (χ1) is 14.4. The van der Waals surface area contributed by atoms with E-state index in [9.17, 15) is 18.4 Å². The average molecular weight is 402 g/mol. The Labute approximate surface area is 171 Å². The molecule has 0 aliphatic heterocycles. The molecule has 0 unspecified atom stereocenters. The second-order valence-corrected chi connectivity index (χ2v) is 6.94. The van der Waals surface area contributed by atoms with Gasteiger partial charge in [0.05, 0.1) is 5.52 Å². The van der Waals surface area contributed by atoms with E-state index in [1.807, 2.05) is 13.0 Å². The number of ketones is 1. The summed E-state index contributed by atoms with van der Waals surface area (Å²) in [4.78, 5) is 29.5. The molecule has 1 amide bonds. The number of hydrogen-bond donors (Lipinski definition) is 1. The number of nitrogens with one attached hydrogen (secondary N) is 1. The molecule has 0 aliphatic carbocycles. The molecule has 1 N–H and O–H groups in total. The maximum Gasteiger partial charge on any atom is 0.255 e. The fourth-order valence-electron chi connectivity index (χ4n) is 3.18. The minimum Gasteiger partial charge on any atom is -0.322 e. The van der Waals surface area contributed by atoms with Crippen LogP contribution in [-0.2, 0) is 0 Å². The van der Waals surface area contributed by atoms with Gasteiger partial charge in [0.25, 0.3) is 5.91 Å². The highest BCUT2D eigenvalue weighted by Crippen LogP contribution is 2.21. The van der Waals surface area contributed by atoms with Crippen molar-refractivity contribution in [2.75, 3.05) is 5.32 Å². The van der Waals surface area contributed by atoms with Gasteiger partial charge in [-0.15, -0.1) is 0 Å². The number of amides is 1. The van der Waals surface area contributed by atoms with Crippen molar-refractivity contribution >= 4 is 28.3 Å². The second-order valence-electron chi connectivity index (χ2n) is 6.94. The molecule has 0 saturated heterocycles. The lowest BCUT2D eigenvalue weighted by atomic mass is 10.0. The maximum absolute atomic E-state index is 14.2. The van der Waals surface area contributed by atoms with Gasteiger partial charge in [-0.2, -0.15) is 0 Å². The summed E-state index contributed by atoms with van der Waals surface area (Å²) in [5, 5.41) is 3.30. The number of pyridine rings is 1. The highest BCUT2D eigenvalue weighted by molar-refractivity contribution is 6.11. The molecule has 0 atom stereocenters. The van der Waals surface area contributed by atoms with Gasteiger partial charge in [-0.25, -0.2) is 8.78 Å². The molecule has 4 nitrogen and oxygen atoms in total. The molecule has 4 aromatic rings. The highest BCUT2D eigenvalue weighted by Gasteiger charge is 2.14. The van der Waals surface area contributed by atoms with Crippen LogP contribution in [-0.4, -0.2) is 16.7 Å². The Bertz CT molecular complexity index is 1300. The van der Waals surface area contributed by atoms with Crippen molar-refractivity contribution in [2.45, 2.75) is 6.92 Å². The van der Waals surface area contributed by atoms with Crippen molar-refractivity contribution in [3.8, 4) is 0 Å². The van der Waals surface area contributed by atoms with E-state index in [1.165, 1.54) is 24.3 Å². The van der Waals surface area contributed by atoms with Crippen molar-refractivity contribution in [3.05, 3.63) is 107 Å². The molecule has 0 fully saturated rings. The molecule has 148 valence electrons. The zero-order valence-corrected chi connectivity index (χ0v) is 15.9. The van der Waals surface area contributed by atoms with Crippen LogP contribution in [0.1, 0.15) is 31.8 Å². The van der Waals surface area contributed by atoms with Gasteiger partial charge in [0.15, 0.2) is 5.78 Å². The number of nitrogens with zero attached hydrogens (tertiary/aromatic N) is 1. The molecular formula is C24H16F2N2O2. The SMILES string of the molecule is Cc1cnc2ccc(C(=O)c3cc(F)cc(NC(=O)c4cccc(F)c4)c3)cc2c1. The normalized spacial score (nSPS) is 10.8. The summed E-state index contributed by atoms with van der Waals surface area (Å²) in [6.45, 7) is 1.90. The van der Waals surface area contributed by atoms with Crippen LogP contribution in [0.2, 0.25) is 0 Å². The molecule has 30 heavy (non-hydrogen) atoms. The number of rotatable bonds is 4. The molecule has 0 spiro atoms. The van der Waals surface area contributed by atoms with Crippen LogP contribution in [0, 0.1) is 18.6 Å². The van der Waals surface area contributed by atoms with Crippen molar-refractivity contribution in [1.82, 2.24) is 4.98 Å². The Kier molecular flexibility index (Phi) is 5.06. The summed E-state index contributed by atoms with van der Waals surface area (Å²) in [5.74, 6) is -2.22. The summed E-state index contributed by atoms with van der Waals surface area (Å²) < 4.78 is 27.5. The van der Waals surface area contributed by atoms with Crippen LogP contribution in [0.5, 0.6) is 0 Å². The van der Waals surface area contributed by atoms with Crippen LogP contribution >= 0.6 is 0 Å². The molecule has 3 aromatic carbocycles. The monoisotopic (exact) mass is 402 g/mol. The van der Waals surface area contributed by atoms with Crippen LogP contribution in [0.3, 0.4) is 0 Å². The lowest BCUT2D eigenvalue weighted by Crippen LogP contribution is -2.13. The first kappa shape index (κ1) is 19.4. The van der Waals surface area contributed by atoms with Crippen molar-refractivity contribution < 1.29 is 18.4 Å². The lowest BCUT2D eigenvalue weighted by Gasteiger charge is -2.09. The fraction of sp³-hybridized carbons (Fsp3) is 0.0417. The number of anilines is 1. The third-order valence-electron chi connectivity index (χ3n) is 4.58. The Morgan fingerprint density at radius 1 is 0.833 bits per heavy atom. The van der Waals surface area contributed by atoms with Gasteiger partial charge in [-0.05, 0) is 73.2 Å². The Morgan fingerprint density at radius 3 is 2.43 bits per heavy atom. The van der Waals surface area contributed by atoms with Gasteiger partial charge in [0.1, 0.15) is 11.6 Å². The number of carbonyl (C=O) groups excluding carboxylic acids is 2. The van der Waals surface area contributed by atoms with Gasteiger partial charge < -0.3 is 5.32 Å². The smallest absolute Gasteiger partial charge is 0.255 e. The minimum atomic E-state index is -0.673. The van der Waals surface area contributed by atoms with E-state index < -0.39 is 17.5 Å². The quantitative estimate of drug-likeness (QED) is 0.471. The van der Waals surface area contributed by atoms with Gasteiger partial charge in [-0.1, -0.05) is 6.07 Å². The molecule has 0 bridgehead atoms. The molecule has 6 heteroatoms. The van der Waals surface area contributed by atoms with E-state index in [-0.39, 0.29) is 22.6 Å². The predicted molar refractivity (Wildman–Crippen MR) is 111 cm³/mol. The van der Waals surface area contributed by atoms with E-state index in [0.29, 0.717) is 5.56 Å². The van der Waals surface area contributed by atoms with Crippen molar-refractivity contribution in [3.63, 3.8) is 0 Å². The summed E-state index contributed by atoms with van der Waals surface area (Å²) in [7, 11) is 0. The number of benzene rings is 3. The summed E-state index contributed by atoms with van der Waals surface area (Å²) >= 11 is 0. The Balaban J connectivity index is 1.64. The van der Waals surface area contributed by atoms with Gasteiger partial charge in [-0.3, -0.25) is 14.6 Å². The topological polar surface area (TPSA) is 59.1 Å². The summed E-state index contributed by atoms with van der Waals surface area (Å²) in [6, 6.07) is 15.7. The van der Waals surface area contributed by atoms with E-state index in [2.05, 4.69) is 10.3 Å². The Morgan fingerprint density at radius 2 is 1.63 bits per heavy atom. The molecule has 0 saturated carbocycles. The average Bonchev–Trinajstić information content (AvgIpc) is 2.72. The highest BCUT2D eigenvalue weighted by atomic mass is 19.1. The summed E-state index contributed by atoms with van der Waals surface area (Å²) in [6.07, 6.45) is 1.74. The standard InChI is InChI=1S/C24H16F2N2O2/c1-14-7-17-8-15(5-6-22(17)27-13-14)23(29)18-10-20(26)12-21(11-18)28-24(30)16-3-2-4-19(25)9-16/h2-13H,1H3,(H,28,30). The molecule has 1 aromatic heterocycles. The number of halogens is 2. The predicted octanol–water partition coefficient (Wildman–Crippen LogP) is 5.30. The van der Waals surface area contributed by atoms with Gasteiger partial charge in [0.2, 0.25) is 0 Å². The van der Waals surface area contributed by atoms with Crippen LogP contribution in [0.4, 0.5) is 14.5 Å². The number of aromatic nitrogens is 1. The van der Waals surface area contributed by atoms with Crippen molar-refractivity contribution in [1.29, 1.82) is 0 Å². The largest absolute Gasteiger partial charge is 0.322 e. The zero-order valence-electron chi connectivity index (χ0n) is 15.9. The molecule has 1 heterocycles. The van der Waals surface area contributed by atoms with Gasteiger partial charge >= 0.3 is 0 Å². The Hall–Kier alpha value is -3.93. The molecule has 4 rings (SSSR count). The first-order valence-corrected chi connectivity index (χ1v) is 9.18. The maximum atomic E-state index is 14.2. The number of fused-ring (bicyclic) bond motifs is 1. The van der Waals surface area contributed by atoms with E-state index in [4.69, 9.17) is 0 Å². The van der Waals surface area contributed by atoms with Gasteiger partial charge in [0, 0.05) is 34.0 Å². The third kappa shape index (κ3) is 4.07. The molecule has 0 radical (unpaired) electrons. The van der Waals surface area contributed by atoms with E-state index >= 15 is 0 Å². The fourth-order valence-corrected chi connectivity index (χ4v) is 3.18. The van der Waals surface area contributed by atoms with E-state index in [1.54, 1.807) is 24.4 Å². The minimum absolute atomic E-state index is 0.0875. The van der Waals surface area contributed by atoms with Crippen LogP contribution < -0.4 is 5.32 Å². The van der Waals surface area contributed by atoms with E-state index in [0.717, 1.165) is 34.7 Å². The second kappa shape index (κ2) is 7.83. The summed E-state index contributed by atoms with van der Waals surface area (Å²) in [5.41, 5.74) is 2.36. The molecular weight excluding hydrogens is 386 g/mol. The number of carbonyl (C=O) groups is 2. The van der Waals surface area contributed by atoms with Crippen LogP contribution in [0.25, 0.3) is 10.9 Å². The third-order valence-corrected chi connectivity index (χ3v) is 4.58. The molecule has 0 aliphatic rings. The number of aryl methyl sites for hydroxylation is 1. The lowest BCUT2D eigenvalue weighted by molar-refractivity contribution is 0.102.